The van der Waals surface area contributed by atoms with E-state index < -0.39 is 24.3 Å². The van der Waals surface area contributed by atoms with E-state index >= 15 is 0 Å². The predicted octanol–water partition coefficient (Wildman–Crippen LogP) is 3.79. The zero-order chi connectivity index (χ0) is 19.2. The van der Waals surface area contributed by atoms with Crippen LogP contribution in [0.1, 0.15) is 5.01 Å². The maximum atomic E-state index is 13.0. The van der Waals surface area contributed by atoms with E-state index in [9.17, 15) is 14.0 Å². The highest BCUT2D eigenvalue weighted by molar-refractivity contribution is 7.18. The first-order valence-corrected chi connectivity index (χ1v) is 9.03. The van der Waals surface area contributed by atoms with Gasteiger partial charge in [0, 0.05) is 0 Å². The number of nitrogens with one attached hydrogen (secondary N) is 1. The van der Waals surface area contributed by atoms with Crippen molar-refractivity contribution in [2.75, 3.05) is 18.5 Å². The number of fused-ring (bicyclic) bond motifs is 1. The van der Waals surface area contributed by atoms with Gasteiger partial charge in [0.2, 0.25) is 0 Å². The van der Waals surface area contributed by atoms with E-state index in [1.54, 1.807) is 0 Å². The number of para-hydroxylation sites is 1. The molecule has 0 unspecified atom stereocenters. The molecule has 0 spiro atoms. The number of thiazole rings is 1. The summed E-state index contributed by atoms with van der Waals surface area (Å²) < 4.78 is 24.1. The Kier molecular flexibility index (Phi) is 6.33. The number of halogens is 2. The first-order valence-electron chi connectivity index (χ1n) is 7.84. The lowest BCUT2D eigenvalue weighted by Gasteiger charge is -2.08. The predicted molar refractivity (Wildman–Crippen MR) is 100 cm³/mol. The van der Waals surface area contributed by atoms with Crippen molar-refractivity contribution in [3.05, 3.63) is 58.3 Å². The van der Waals surface area contributed by atoms with E-state index in [1.165, 1.54) is 17.4 Å². The third kappa shape index (κ3) is 5.46. The molecule has 1 amide bonds. The molecule has 27 heavy (non-hydrogen) atoms. The quantitative estimate of drug-likeness (QED) is 0.602. The van der Waals surface area contributed by atoms with Crippen molar-refractivity contribution in [1.29, 1.82) is 0 Å². The average molecular weight is 409 g/mol. The van der Waals surface area contributed by atoms with Crippen molar-refractivity contribution in [3.8, 4) is 0 Å². The topological polar surface area (TPSA) is 77.5 Å². The molecule has 1 N–H and O–H groups in total. The second kappa shape index (κ2) is 8.90. The highest BCUT2D eigenvalue weighted by atomic mass is 35.5. The summed E-state index contributed by atoms with van der Waals surface area (Å²) in [7, 11) is 0. The Balaban J connectivity index is 1.39. The molecule has 2 aromatic carbocycles. The molecule has 1 aromatic heterocycles. The van der Waals surface area contributed by atoms with E-state index in [2.05, 4.69) is 10.3 Å². The van der Waals surface area contributed by atoms with Crippen molar-refractivity contribution in [2.45, 2.75) is 6.61 Å². The van der Waals surface area contributed by atoms with Gasteiger partial charge in [-0.3, -0.25) is 4.79 Å². The fraction of sp³-hybridized carbons (Fsp3) is 0.167. The third-order valence-electron chi connectivity index (χ3n) is 3.35. The molecule has 3 rings (SSSR count). The number of hydrogen-bond acceptors (Lipinski definition) is 6. The van der Waals surface area contributed by atoms with Crippen LogP contribution in [-0.2, 0) is 25.7 Å². The molecule has 0 saturated carbocycles. The van der Waals surface area contributed by atoms with Gasteiger partial charge in [0.15, 0.2) is 6.61 Å². The standard InChI is InChI=1S/C18H14ClFN2O4S/c19-12-7-11(20)5-6-13(12)21-16(23)8-26-18(24)10-25-9-17-22-14-3-1-2-4-15(14)27-17/h1-7H,8-10H2,(H,21,23). The first-order chi connectivity index (χ1) is 13.0. The van der Waals surface area contributed by atoms with Crippen LogP contribution < -0.4 is 5.32 Å². The number of ether oxygens (including phenoxy) is 2. The molecule has 6 nitrogen and oxygen atoms in total. The van der Waals surface area contributed by atoms with Gasteiger partial charge in [-0.1, -0.05) is 23.7 Å². The molecule has 0 fully saturated rings. The summed E-state index contributed by atoms with van der Waals surface area (Å²) in [6, 6.07) is 11.2. The van der Waals surface area contributed by atoms with Crippen LogP contribution in [0.4, 0.5) is 10.1 Å². The molecular weight excluding hydrogens is 395 g/mol. The minimum atomic E-state index is -0.684. The highest BCUT2D eigenvalue weighted by Crippen LogP contribution is 2.23. The van der Waals surface area contributed by atoms with Gasteiger partial charge in [0.1, 0.15) is 17.4 Å². The molecule has 0 aliphatic rings. The number of esters is 1. The zero-order valence-electron chi connectivity index (χ0n) is 13.9. The number of nitrogens with zero attached hydrogens (tertiary/aromatic N) is 1. The van der Waals surface area contributed by atoms with Gasteiger partial charge in [-0.15, -0.1) is 11.3 Å². The smallest absolute Gasteiger partial charge is 0.332 e. The summed E-state index contributed by atoms with van der Waals surface area (Å²) in [6.45, 7) is -0.636. The van der Waals surface area contributed by atoms with Crippen molar-refractivity contribution < 1.29 is 23.5 Å². The number of carbonyl (C=O) groups is 2. The van der Waals surface area contributed by atoms with Gasteiger partial charge in [0.25, 0.3) is 5.91 Å². The lowest BCUT2D eigenvalue weighted by Crippen LogP contribution is -2.23. The Morgan fingerprint density at radius 1 is 1.19 bits per heavy atom. The fourth-order valence-electron chi connectivity index (χ4n) is 2.17. The van der Waals surface area contributed by atoms with Gasteiger partial charge in [0.05, 0.1) is 27.5 Å². The molecule has 0 aliphatic heterocycles. The lowest BCUT2D eigenvalue weighted by molar-refractivity contribution is -0.152. The molecule has 0 aliphatic carbocycles. The number of anilines is 1. The maximum Gasteiger partial charge on any atom is 0.332 e. The molecular formula is C18H14ClFN2O4S. The van der Waals surface area contributed by atoms with E-state index in [0.29, 0.717) is 0 Å². The van der Waals surface area contributed by atoms with Gasteiger partial charge in [-0.25, -0.2) is 14.2 Å². The molecule has 0 radical (unpaired) electrons. The summed E-state index contributed by atoms with van der Waals surface area (Å²) in [6.07, 6.45) is 0. The summed E-state index contributed by atoms with van der Waals surface area (Å²) >= 11 is 7.28. The second-order valence-corrected chi connectivity index (χ2v) is 6.92. The summed E-state index contributed by atoms with van der Waals surface area (Å²) in [5.41, 5.74) is 1.10. The average Bonchev–Trinajstić information content (AvgIpc) is 3.05. The van der Waals surface area contributed by atoms with Crippen LogP contribution in [0, 0.1) is 5.82 Å². The van der Waals surface area contributed by atoms with Crippen molar-refractivity contribution in [2.24, 2.45) is 0 Å². The van der Waals surface area contributed by atoms with Gasteiger partial charge < -0.3 is 14.8 Å². The number of carbonyl (C=O) groups excluding carboxylic acids is 2. The van der Waals surface area contributed by atoms with E-state index in [4.69, 9.17) is 21.1 Å². The minimum absolute atomic E-state index is 0.0499. The normalized spacial score (nSPS) is 10.7. The highest BCUT2D eigenvalue weighted by Gasteiger charge is 2.11. The molecule has 1 heterocycles. The molecule has 9 heteroatoms. The Morgan fingerprint density at radius 2 is 2.00 bits per heavy atom. The Labute approximate surface area is 162 Å². The Morgan fingerprint density at radius 3 is 2.78 bits per heavy atom. The van der Waals surface area contributed by atoms with Gasteiger partial charge in [-0.2, -0.15) is 0 Å². The Hall–Kier alpha value is -2.55. The van der Waals surface area contributed by atoms with Gasteiger partial charge in [-0.05, 0) is 30.3 Å². The summed E-state index contributed by atoms with van der Waals surface area (Å²) in [4.78, 5) is 27.8. The van der Waals surface area contributed by atoms with Crippen LogP contribution >= 0.6 is 22.9 Å². The maximum absolute atomic E-state index is 13.0. The second-order valence-electron chi connectivity index (χ2n) is 5.40. The summed E-state index contributed by atoms with van der Waals surface area (Å²) in [5, 5.41) is 3.22. The van der Waals surface area contributed by atoms with Crippen molar-refractivity contribution in [1.82, 2.24) is 4.98 Å². The van der Waals surface area contributed by atoms with Crippen LogP contribution in [0.15, 0.2) is 42.5 Å². The zero-order valence-corrected chi connectivity index (χ0v) is 15.5. The van der Waals surface area contributed by atoms with E-state index in [0.717, 1.165) is 27.4 Å². The van der Waals surface area contributed by atoms with Crippen molar-refractivity contribution in [3.63, 3.8) is 0 Å². The minimum Gasteiger partial charge on any atom is -0.454 e. The number of aromatic nitrogens is 1. The molecule has 3 aromatic rings. The molecule has 0 saturated heterocycles. The number of benzene rings is 2. The monoisotopic (exact) mass is 408 g/mol. The van der Waals surface area contributed by atoms with Crippen LogP contribution in [0.5, 0.6) is 0 Å². The summed E-state index contributed by atoms with van der Waals surface area (Å²) in [5.74, 6) is -1.80. The SMILES string of the molecule is O=C(COC(=O)COCc1nc2ccccc2s1)Nc1ccc(F)cc1Cl. The van der Waals surface area contributed by atoms with E-state index in [1.807, 2.05) is 24.3 Å². The number of rotatable bonds is 7. The van der Waals surface area contributed by atoms with Crippen LogP contribution in [0.3, 0.4) is 0 Å². The van der Waals surface area contributed by atoms with Gasteiger partial charge >= 0.3 is 5.97 Å². The molecule has 140 valence electrons. The molecule has 0 bridgehead atoms. The van der Waals surface area contributed by atoms with Crippen LogP contribution in [0.25, 0.3) is 10.2 Å². The van der Waals surface area contributed by atoms with Crippen LogP contribution in [-0.4, -0.2) is 30.1 Å². The first kappa shape index (κ1) is 19.2. The van der Waals surface area contributed by atoms with E-state index in [-0.39, 0.29) is 23.9 Å². The molecule has 0 atom stereocenters. The fourth-order valence-corrected chi connectivity index (χ4v) is 3.29. The van der Waals surface area contributed by atoms with Crippen molar-refractivity contribution >= 4 is 50.7 Å². The largest absolute Gasteiger partial charge is 0.454 e. The van der Waals surface area contributed by atoms with Crippen LogP contribution in [0.2, 0.25) is 5.02 Å². The third-order valence-corrected chi connectivity index (χ3v) is 4.68. The number of amides is 1. The number of hydrogen-bond donors (Lipinski definition) is 1. The Bertz CT molecular complexity index is 946. The lowest BCUT2D eigenvalue weighted by atomic mass is 10.3.